The second-order valence-electron chi connectivity index (χ2n) is 6.38. The standard InChI is InChI=1S/C19H19N5O4S2/c1-27-14-6-7-15(16(11-14)28-2)17-8-9-18(29-17)30(25,26)22-13-5-3-4-12(10-13)19-20-23-24-21-19/h3-8,10-11,18,22H,9H2,1-2H3,(H,20,21,23,24). The largest absolute Gasteiger partial charge is 0.497 e. The molecule has 0 fully saturated rings. The summed E-state index contributed by atoms with van der Waals surface area (Å²) >= 11 is 1.29. The van der Waals surface area contributed by atoms with Gasteiger partial charge in [0.05, 0.1) is 14.2 Å². The molecule has 1 aliphatic rings. The molecule has 11 heteroatoms. The molecule has 2 N–H and O–H groups in total. The van der Waals surface area contributed by atoms with Gasteiger partial charge in [-0.1, -0.05) is 18.2 Å². The number of sulfonamides is 1. The number of anilines is 1. The first-order valence-corrected chi connectivity index (χ1v) is 11.4. The number of hydrogen-bond donors (Lipinski definition) is 2. The number of aromatic amines is 1. The maximum atomic E-state index is 13.0. The molecular weight excluding hydrogens is 426 g/mol. The van der Waals surface area contributed by atoms with Crippen LogP contribution in [0.25, 0.3) is 16.3 Å². The Labute approximate surface area is 177 Å². The number of allylic oxidation sites excluding steroid dienone is 1. The first-order valence-electron chi connectivity index (χ1n) is 8.95. The predicted octanol–water partition coefficient (Wildman–Crippen LogP) is 3.13. The molecule has 30 heavy (non-hydrogen) atoms. The molecule has 156 valence electrons. The summed E-state index contributed by atoms with van der Waals surface area (Å²) in [6.07, 6.45) is 2.30. The summed E-state index contributed by atoms with van der Waals surface area (Å²) in [5.74, 6) is 1.69. The van der Waals surface area contributed by atoms with Gasteiger partial charge in [0.1, 0.15) is 16.1 Å². The molecular formula is C19H19N5O4S2. The molecule has 0 radical (unpaired) electrons. The lowest BCUT2D eigenvalue weighted by Gasteiger charge is -2.15. The number of nitrogens with zero attached hydrogens (tertiary/aromatic N) is 3. The zero-order valence-corrected chi connectivity index (χ0v) is 17.8. The maximum Gasteiger partial charge on any atom is 0.245 e. The van der Waals surface area contributed by atoms with Gasteiger partial charge in [-0.2, -0.15) is 5.21 Å². The molecule has 1 aromatic heterocycles. The third kappa shape index (κ3) is 4.12. The first kappa shape index (κ1) is 20.2. The van der Waals surface area contributed by atoms with Gasteiger partial charge >= 0.3 is 0 Å². The van der Waals surface area contributed by atoms with Crippen molar-refractivity contribution in [3.8, 4) is 22.9 Å². The van der Waals surface area contributed by atoms with Crippen LogP contribution in [0.1, 0.15) is 12.0 Å². The minimum atomic E-state index is -3.64. The summed E-state index contributed by atoms with van der Waals surface area (Å²) in [7, 11) is -0.483. The van der Waals surface area contributed by atoms with Crippen LogP contribution >= 0.6 is 11.8 Å². The highest BCUT2D eigenvalue weighted by molar-refractivity contribution is 8.19. The average Bonchev–Trinajstić information content (AvgIpc) is 3.46. The SMILES string of the molecule is COc1ccc(C2=CCC(S(=O)(=O)Nc3cccc(-c4nn[nH]n4)c3)S2)c(OC)c1. The Morgan fingerprint density at radius 2 is 2.03 bits per heavy atom. The third-order valence-corrected chi connectivity index (χ3v) is 8.05. The molecule has 2 aromatic carbocycles. The number of ether oxygens (including phenoxy) is 2. The lowest BCUT2D eigenvalue weighted by atomic mass is 10.1. The maximum absolute atomic E-state index is 13.0. The van der Waals surface area contributed by atoms with Crippen molar-refractivity contribution in [3.05, 3.63) is 54.1 Å². The van der Waals surface area contributed by atoms with Gasteiger partial charge in [-0.3, -0.25) is 4.72 Å². The molecule has 1 atom stereocenters. The molecule has 0 saturated carbocycles. The molecule has 2 heterocycles. The molecule has 3 aromatic rings. The van der Waals surface area contributed by atoms with E-state index in [0.717, 1.165) is 10.5 Å². The Hall–Kier alpha value is -3.05. The molecule has 0 amide bonds. The van der Waals surface area contributed by atoms with Crippen LogP contribution in [0.5, 0.6) is 11.5 Å². The van der Waals surface area contributed by atoms with Crippen molar-refractivity contribution in [1.82, 2.24) is 20.6 Å². The Kier molecular flexibility index (Phi) is 5.64. The van der Waals surface area contributed by atoms with E-state index >= 15 is 0 Å². The van der Waals surface area contributed by atoms with Crippen LogP contribution in [0.4, 0.5) is 5.69 Å². The molecule has 0 saturated heterocycles. The first-order chi connectivity index (χ1) is 14.5. The molecule has 0 bridgehead atoms. The fourth-order valence-electron chi connectivity index (χ4n) is 3.04. The van der Waals surface area contributed by atoms with Crippen molar-refractivity contribution >= 4 is 32.4 Å². The van der Waals surface area contributed by atoms with E-state index in [9.17, 15) is 8.42 Å². The molecule has 0 aliphatic carbocycles. The quantitative estimate of drug-likeness (QED) is 0.569. The van der Waals surface area contributed by atoms with Gasteiger partial charge in [0.25, 0.3) is 0 Å². The van der Waals surface area contributed by atoms with Crippen LogP contribution in [-0.2, 0) is 10.0 Å². The highest BCUT2D eigenvalue weighted by Gasteiger charge is 2.32. The monoisotopic (exact) mass is 445 g/mol. The average molecular weight is 446 g/mol. The molecule has 1 unspecified atom stereocenters. The molecule has 1 aliphatic heterocycles. The summed E-state index contributed by atoms with van der Waals surface area (Å²) in [5, 5.41) is 13.7. The normalized spacial score (nSPS) is 16.2. The van der Waals surface area contributed by atoms with E-state index in [1.165, 1.54) is 11.8 Å². The van der Waals surface area contributed by atoms with Crippen LogP contribution < -0.4 is 14.2 Å². The van der Waals surface area contributed by atoms with E-state index in [1.54, 1.807) is 44.6 Å². The van der Waals surface area contributed by atoms with E-state index in [4.69, 9.17) is 9.47 Å². The number of methoxy groups -OCH3 is 2. The zero-order chi connectivity index (χ0) is 21.1. The van der Waals surface area contributed by atoms with Crippen molar-refractivity contribution in [2.45, 2.75) is 11.0 Å². The lowest BCUT2D eigenvalue weighted by molar-refractivity contribution is 0.393. The number of thioether (sulfide) groups is 1. The van der Waals surface area contributed by atoms with Gasteiger partial charge in [-0.05, 0) is 35.9 Å². The van der Waals surface area contributed by atoms with Gasteiger partial charge < -0.3 is 9.47 Å². The number of hydrogen-bond acceptors (Lipinski definition) is 8. The van der Waals surface area contributed by atoms with Crippen molar-refractivity contribution in [2.75, 3.05) is 18.9 Å². The van der Waals surface area contributed by atoms with Crippen LogP contribution in [-0.4, -0.2) is 47.8 Å². The number of nitrogens with one attached hydrogen (secondary N) is 2. The van der Waals surface area contributed by atoms with E-state index in [0.29, 0.717) is 35.0 Å². The van der Waals surface area contributed by atoms with Crippen molar-refractivity contribution in [1.29, 1.82) is 0 Å². The number of tetrazole rings is 1. The smallest absolute Gasteiger partial charge is 0.245 e. The van der Waals surface area contributed by atoms with Crippen LogP contribution in [0, 0.1) is 0 Å². The van der Waals surface area contributed by atoms with Crippen molar-refractivity contribution < 1.29 is 17.9 Å². The number of H-pyrrole nitrogens is 1. The Bertz CT molecular complexity index is 1180. The zero-order valence-electron chi connectivity index (χ0n) is 16.2. The molecule has 9 nitrogen and oxygen atoms in total. The van der Waals surface area contributed by atoms with Crippen LogP contribution in [0.3, 0.4) is 0 Å². The topological polar surface area (TPSA) is 119 Å². The summed E-state index contributed by atoms with van der Waals surface area (Å²) in [4.78, 5) is 0.852. The van der Waals surface area contributed by atoms with Gasteiger partial charge in [0, 0.05) is 27.8 Å². The summed E-state index contributed by atoms with van der Waals surface area (Å²) in [5.41, 5.74) is 1.93. The van der Waals surface area contributed by atoms with Crippen LogP contribution in [0.2, 0.25) is 0 Å². The number of aromatic nitrogens is 4. The minimum Gasteiger partial charge on any atom is -0.497 e. The fourth-order valence-corrected chi connectivity index (χ4v) is 5.90. The molecule has 0 spiro atoms. The Balaban J connectivity index is 1.50. The van der Waals surface area contributed by atoms with Crippen LogP contribution in [0.15, 0.2) is 48.5 Å². The van der Waals surface area contributed by atoms with Gasteiger partial charge in [-0.15, -0.1) is 22.0 Å². The fraction of sp³-hybridized carbons (Fsp3) is 0.211. The van der Waals surface area contributed by atoms with Gasteiger partial charge in [0.15, 0.2) is 0 Å². The highest BCUT2D eigenvalue weighted by Crippen LogP contribution is 2.45. The van der Waals surface area contributed by atoms with E-state index in [2.05, 4.69) is 25.3 Å². The third-order valence-electron chi connectivity index (χ3n) is 4.50. The second kappa shape index (κ2) is 8.36. The minimum absolute atomic E-state index is 0.384. The highest BCUT2D eigenvalue weighted by atomic mass is 32.3. The number of benzene rings is 2. The Morgan fingerprint density at radius 3 is 2.77 bits per heavy atom. The van der Waals surface area contributed by atoms with Crippen molar-refractivity contribution in [3.63, 3.8) is 0 Å². The van der Waals surface area contributed by atoms with Gasteiger partial charge in [-0.25, -0.2) is 8.42 Å². The summed E-state index contributed by atoms with van der Waals surface area (Å²) < 4.78 is 38.6. The number of rotatable bonds is 7. The van der Waals surface area contributed by atoms with E-state index < -0.39 is 14.6 Å². The molecule has 4 rings (SSSR count). The van der Waals surface area contributed by atoms with E-state index in [1.807, 2.05) is 18.2 Å². The summed E-state index contributed by atoms with van der Waals surface area (Å²) in [6.45, 7) is 0. The van der Waals surface area contributed by atoms with Crippen molar-refractivity contribution in [2.24, 2.45) is 0 Å². The predicted molar refractivity (Wildman–Crippen MR) is 116 cm³/mol. The van der Waals surface area contributed by atoms with E-state index in [-0.39, 0.29) is 0 Å². The Morgan fingerprint density at radius 1 is 1.17 bits per heavy atom. The lowest BCUT2D eigenvalue weighted by Crippen LogP contribution is -2.23. The van der Waals surface area contributed by atoms with Gasteiger partial charge in [0.2, 0.25) is 15.8 Å². The second-order valence-corrected chi connectivity index (χ2v) is 9.79. The summed E-state index contributed by atoms with van der Waals surface area (Å²) in [6, 6.07) is 12.3.